The predicted octanol–water partition coefficient (Wildman–Crippen LogP) is 1.86. The second kappa shape index (κ2) is 7.43. The van der Waals surface area contributed by atoms with E-state index < -0.39 is 0 Å². The molecule has 0 saturated carbocycles. The average Bonchev–Trinajstić information content (AvgIpc) is 2.85. The Bertz CT molecular complexity index is 521. The Morgan fingerprint density at radius 2 is 2.24 bits per heavy atom. The Morgan fingerprint density at radius 3 is 2.95 bits per heavy atom. The summed E-state index contributed by atoms with van der Waals surface area (Å²) in [6.07, 6.45) is 2.13. The van der Waals surface area contributed by atoms with Crippen LogP contribution < -0.4 is 10.2 Å². The van der Waals surface area contributed by atoms with Gasteiger partial charge < -0.3 is 10.2 Å². The molecule has 1 aromatic carbocycles. The fourth-order valence-electron chi connectivity index (χ4n) is 2.19. The summed E-state index contributed by atoms with van der Waals surface area (Å²) < 4.78 is 0. The highest BCUT2D eigenvalue weighted by Crippen LogP contribution is 2.22. The van der Waals surface area contributed by atoms with Gasteiger partial charge in [-0.3, -0.25) is 14.5 Å². The first-order valence-electron chi connectivity index (χ1n) is 7.16. The first kappa shape index (κ1) is 15.8. The normalized spacial score (nSPS) is 14.9. The molecule has 21 heavy (non-hydrogen) atoms. The second-order valence-electron chi connectivity index (χ2n) is 5.07. The van der Waals surface area contributed by atoms with Crippen molar-refractivity contribution in [3.63, 3.8) is 0 Å². The van der Waals surface area contributed by atoms with E-state index in [1.165, 1.54) is 0 Å². The second-order valence-corrected chi connectivity index (χ2v) is 5.50. The van der Waals surface area contributed by atoms with Crippen LogP contribution in [0, 0.1) is 0 Å². The van der Waals surface area contributed by atoms with Gasteiger partial charge in [0.05, 0.1) is 6.54 Å². The van der Waals surface area contributed by atoms with Crippen LogP contribution in [-0.2, 0) is 9.59 Å². The van der Waals surface area contributed by atoms with Gasteiger partial charge in [-0.15, -0.1) is 0 Å². The standard InChI is InChI=1S/C15H20ClN3O2/c1-2-3-7-17-9-14(20)18-10-15(21)19(11-18)13-6-4-5-12(16)8-13/h4-6,8,17H,2-3,7,9-11H2,1H3. The molecule has 5 nitrogen and oxygen atoms in total. The van der Waals surface area contributed by atoms with E-state index in [1.54, 1.807) is 28.0 Å². The Kier molecular flexibility index (Phi) is 5.59. The molecule has 0 spiro atoms. The van der Waals surface area contributed by atoms with Crippen LogP contribution in [0.4, 0.5) is 5.69 Å². The van der Waals surface area contributed by atoms with E-state index in [2.05, 4.69) is 12.2 Å². The third-order valence-electron chi connectivity index (χ3n) is 3.40. The monoisotopic (exact) mass is 309 g/mol. The molecule has 1 N–H and O–H groups in total. The number of halogens is 1. The lowest BCUT2D eigenvalue weighted by Crippen LogP contribution is -2.38. The highest BCUT2D eigenvalue weighted by atomic mass is 35.5. The van der Waals surface area contributed by atoms with Crippen molar-refractivity contribution in [1.29, 1.82) is 0 Å². The Hall–Kier alpha value is -1.59. The highest BCUT2D eigenvalue weighted by Gasteiger charge is 2.31. The fourth-order valence-corrected chi connectivity index (χ4v) is 2.38. The largest absolute Gasteiger partial charge is 0.314 e. The van der Waals surface area contributed by atoms with Crippen LogP contribution in [0.3, 0.4) is 0 Å². The molecule has 0 bridgehead atoms. The summed E-state index contributed by atoms with van der Waals surface area (Å²) in [4.78, 5) is 27.2. The summed E-state index contributed by atoms with van der Waals surface area (Å²) in [5.41, 5.74) is 0.724. The molecule has 2 rings (SSSR count). The van der Waals surface area contributed by atoms with Gasteiger partial charge in [-0.25, -0.2) is 0 Å². The molecule has 1 aliphatic heterocycles. The summed E-state index contributed by atoms with van der Waals surface area (Å²) in [6.45, 7) is 3.61. The minimum absolute atomic E-state index is 0.0519. The summed E-state index contributed by atoms with van der Waals surface area (Å²) in [7, 11) is 0. The molecule has 1 heterocycles. The van der Waals surface area contributed by atoms with Gasteiger partial charge in [0.1, 0.15) is 13.2 Å². The van der Waals surface area contributed by atoms with E-state index in [-0.39, 0.29) is 31.6 Å². The molecule has 0 atom stereocenters. The molecule has 0 unspecified atom stereocenters. The summed E-state index contributed by atoms with van der Waals surface area (Å²) >= 11 is 5.94. The quantitative estimate of drug-likeness (QED) is 0.816. The van der Waals surface area contributed by atoms with Crippen molar-refractivity contribution in [2.75, 3.05) is 31.2 Å². The number of anilines is 1. The zero-order valence-corrected chi connectivity index (χ0v) is 12.9. The van der Waals surface area contributed by atoms with Crippen LogP contribution in [-0.4, -0.2) is 43.0 Å². The maximum atomic E-state index is 12.1. The SMILES string of the molecule is CCCCNCC(=O)N1CC(=O)N(c2cccc(Cl)c2)C1. The number of unbranched alkanes of at least 4 members (excludes halogenated alkanes) is 1. The van der Waals surface area contributed by atoms with Crippen molar-refractivity contribution < 1.29 is 9.59 Å². The first-order chi connectivity index (χ1) is 10.1. The zero-order chi connectivity index (χ0) is 15.2. The van der Waals surface area contributed by atoms with Crippen molar-refractivity contribution in [3.05, 3.63) is 29.3 Å². The van der Waals surface area contributed by atoms with Gasteiger partial charge in [-0.05, 0) is 31.2 Å². The van der Waals surface area contributed by atoms with Crippen LogP contribution in [0.25, 0.3) is 0 Å². The van der Waals surface area contributed by atoms with Crippen molar-refractivity contribution in [1.82, 2.24) is 10.2 Å². The molecule has 0 aromatic heterocycles. The molecule has 0 aliphatic carbocycles. The molecule has 1 saturated heterocycles. The van der Waals surface area contributed by atoms with Gasteiger partial charge in [0.25, 0.3) is 0 Å². The predicted molar refractivity (Wildman–Crippen MR) is 83.3 cm³/mol. The van der Waals surface area contributed by atoms with Crippen LogP contribution in [0.1, 0.15) is 19.8 Å². The van der Waals surface area contributed by atoms with Gasteiger partial charge in [0, 0.05) is 10.7 Å². The number of carbonyl (C=O) groups is 2. The van der Waals surface area contributed by atoms with Crippen LogP contribution in [0.5, 0.6) is 0 Å². The zero-order valence-electron chi connectivity index (χ0n) is 12.1. The van der Waals surface area contributed by atoms with E-state index in [0.29, 0.717) is 5.02 Å². The summed E-state index contributed by atoms with van der Waals surface area (Å²) in [6, 6.07) is 7.10. The van der Waals surface area contributed by atoms with E-state index in [0.717, 1.165) is 25.1 Å². The minimum atomic E-state index is -0.0841. The van der Waals surface area contributed by atoms with Crippen LogP contribution in [0.15, 0.2) is 24.3 Å². The number of benzene rings is 1. The van der Waals surface area contributed by atoms with Crippen LogP contribution >= 0.6 is 11.6 Å². The van der Waals surface area contributed by atoms with Gasteiger partial charge in [0.15, 0.2) is 0 Å². The summed E-state index contributed by atoms with van der Waals surface area (Å²) in [5.74, 6) is -0.136. The van der Waals surface area contributed by atoms with Crippen molar-refractivity contribution in [3.8, 4) is 0 Å². The third-order valence-corrected chi connectivity index (χ3v) is 3.63. The van der Waals surface area contributed by atoms with Crippen molar-refractivity contribution >= 4 is 29.1 Å². The number of rotatable bonds is 6. The lowest BCUT2D eigenvalue weighted by Gasteiger charge is -2.18. The smallest absolute Gasteiger partial charge is 0.248 e. The highest BCUT2D eigenvalue weighted by molar-refractivity contribution is 6.30. The molecule has 6 heteroatoms. The van der Waals surface area contributed by atoms with Gasteiger partial charge in [-0.2, -0.15) is 0 Å². The van der Waals surface area contributed by atoms with Gasteiger partial charge in [-0.1, -0.05) is 31.0 Å². The maximum Gasteiger partial charge on any atom is 0.248 e. The van der Waals surface area contributed by atoms with E-state index >= 15 is 0 Å². The molecular weight excluding hydrogens is 290 g/mol. The molecule has 114 valence electrons. The fraction of sp³-hybridized carbons (Fsp3) is 0.467. The number of hydrogen-bond donors (Lipinski definition) is 1. The molecule has 0 radical (unpaired) electrons. The van der Waals surface area contributed by atoms with E-state index in [1.807, 2.05) is 6.07 Å². The average molecular weight is 310 g/mol. The Morgan fingerprint density at radius 1 is 1.43 bits per heavy atom. The molecule has 1 fully saturated rings. The lowest BCUT2D eigenvalue weighted by atomic mass is 10.3. The summed E-state index contributed by atoms with van der Waals surface area (Å²) in [5, 5.41) is 3.67. The van der Waals surface area contributed by atoms with Gasteiger partial charge >= 0.3 is 0 Å². The topological polar surface area (TPSA) is 52.7 Å². The molecular formula is C15H20ClN3O2. The number of nitrogens with zero attached hydrogens (tertiary/aromatic N) is 2. The number of hydrogen-bond acceptors (Lipinski definition) is 3. The molecule has 1 aromatic rings. The first-order valence-corrected chi connectivity index (χ1v) is 7.54. The number of carbonyl (C=O) groups excluding carboxylic acids is 2. The van der Waals surface area contributed by atoms with Gasteiger partial charge in [0.2, 0.25) is 11.8 Å². The van der Waals surface area contributed by atoms with Crippen LogP contribution in [0.2, 0.25) is 5.02 Å². The maximum absolute atomic E-state index is 12.1. The lowest BCUT2D eigenvalue weighted by molar-refractivity contribution is -0.130. The Balaban J connectivity index is 1.91. The molecule has 2 amide bonds. The molecule has 1 aliphatic rings. The van der Waals surface area contributed by atoms with Crippen molar-refractivity contribution in [2.45, 2.75) is 19.8 Å². The minimum Gasteiger partial charge on any atom is -0.314 e. The number of nitrogens with one attached hydrogen (secondary N) is 1. The Labute approximate surface area is 129 Å². The van der Waals surface area contributed by atoms with E-state index in [9.17, 15) is 9.59 Å². The van der Waals surface area contributed by atoms with E-state index in [4.69, 9.17) is 11.6 Å². The van der Waals surface area contributed by atoms with Crippen molar-refractivity contribution in [2.24, 2.45) is 0 Å². The number of amides is 2. The third kappa shape index (κ3) is 4.19.